The summed E-state index contributed by atoms with van der Waals surface area (Å²) in [6.45, 7) is 0.339. The molecule has 0 aliphatic carbocycles. The summed E-state index contributed by atoms with van der Waals surface area (Å²) >= 11 is 2.68. The predicted molar refractivity (Wildman–Crippen MR) is 78.7 cm³/mol. The minimum atomic E-state index is -3.71. The Balaban J connectivity index is 2.52. The van der Waals surface area contributed by atoms with Crippen LogP contribution in [0, 0.1) is 0 Å². The first-order chi connectivity index (χ1) is 8.99. The van der Waals surface area contributed by atoms with E-state index in [1.54, 1.807) is 11.8 Å². The Morgan fingerprint density at radius 3 is 2.79 bits per heavy atom. The second kappa shape index (κ2) is 7.88. The van der Waals surface area contributed by atoms with E-state index in [4.69, 9.17) is 5.11 Å². The number of sulfonamides is 1. The lowest BCUT2D eigenvalue weighted by molar-refractivity contribution is 0.0698. The Hall–Kier alpha value is -0.570. The van der Waals surface area contributed by atoms with Crippen molar-refractivity contribution in [1.82, 2.24) is 4.72 Å². The monoisotopic (exact) mass is 323 g/mol. The van der Waals surface area contributed by atoms with Gasteiger partial charge in [-0.05, 0) is 36.3 Å². The first-order valence-electron chi connectivity index (χ1n) is 5.78. The van der Waals surface area contributed by atoms with Crippen molar-refractivity contribution in [3.05, 3.63) is 16.3 Å². The van der Waals surface area contributed by atoms with Crippen LogP contribution in [0.15, 0.2) is 16.3 Å². The third kappa shape index (κ3) is 5.13. The van der Waals surface area contributed by atoms with Crippen molar-refractivity contribution >= 4 is 39.1 Å². The van der Waals surface area contributed by atoms with Gasteiger partial charge >= 0.3 is 5.97 Å². The molecule has 8 heteroatoms. The molecule has 0 saturated heterocycles. The molecule has 1 aromatic heterocycles. The molecule has 1 heterocycles. The Morgan fingerprint density at radius 1 is 1.42 bits per heavy atom. The first kappa shape index (κ1) is 16.5. The molecular formula is C11H17NO4S3. The topological polar surface area (TPSA) is 83.5 Å². The molecule has 108 valence electrons. The second-order valence-corrected chi connectivity index (χ2v) is 7.51. The summed E-state index contributed by atoms with van der Waals surface area (Å²) in [6, 6.07) is 1.32. The maximum Gasteiger partial charge on any atom is 0.347 e. The quantitative estimate of drug-likeness (QED) is 0.681. The first-order valence-corrected chi connectivity index (χ1v) is 9.54. The van der Waals surface area contributed by atoms with Gasteiger partial charge in [-0.2, -0.15) is 11.8 Å². The number of thiophene rings is 1. The van der Waals surface area contributed by atoms with E-state index in [2.05, 4.69) is 4.72 Å². The zero-order valence-corrected chi connectivity index (χ0v) is 13.0. The predicted octanol–water partition coefficient (Wildman–Crippen LogP) is 2.26. The van der Waals surface area contributed by atoms with Crippen LogP contribution in [-0.4, -0.2) is 38.0 Å². The van der Waals surface area contributed by atoms with Crippen LogP contribution < -0.4 is 4.72 Å². The van der Waals surface area contributed by atoms with Crippen molar-refractivity contribution in [3.63, 3.8) is 0 Å². The van der Waals surface area contributed by atoms with Crippen molar-refractivity contribution in [2.75, 3.05) is 18.6 Å². The third-order valence-electron chi connectivity index (χ3n) is 2.43. The fraction of sp³-hybridized carbons (Fsp3) is 0.545. The zero-order valence-electron chi connectivity index (χ0n) is 10.6. The van der Waals surface area contributed by atoms with Crippen LogP contribution in [0.4, 0.5) is 0 Å². The summed E-state index contributed by atoms with van der Waals surface area (Å²) in [7, 11) is -3.71. The second-order valence-electron chi connectivity index (χ2n) is 3.87. The van der Waals surface area contributed by atoms with Gasteiger partial charge in [-0.15, -0.1) is 11.3 Å². The molecule has 0 saturated carbocycles. The molecular weight excluding hydrogens is 306 g/mol. The van der Waals surface area contributed by atoms with Gasteiger partial charge in [-0.3, -0.25) is 0 Å². The molecule has 19 heavy (non-hydrogen) atoms. The van der Waals surface area contributed by atoms with E-state index in [9.17, 15) is 13.2 Å². The highest BCUT2D eigenvalue weighted by atomic mass is 32.2. The van der Waals surface area contributed by atoms with Crippen LogP contribution in [0.25, 0.3) is 0 Å². The number of carbonyl (C=O) groups is 1. The number of hydrogen-bond donors (Lipinski definition) is 2. The average molecular weight is 323 g/mol. The lowest BCUT2D eigenvalue weighted by Crippen LogP contribution is -2.25. The van der Waals surface area contributed by atoms with E-state index in [0.717, 1.165) is 36.4 Å². The normalized spacial score (nSPS) is 11.6. The fourth-order valence-electron chi connectivity index (χ4n) is 1.50. The molecule has 0 atom stereocenters. The van der Waals surface area contributed by atoms with E-state index >= 15 is 0 Å². The van der Waals surface area contributed by atoms with E-state index in [1.807, 2.05) is 6.26 Å². The number of aromatic carboxylic acids is 1. The number of rotatable bonds is 9. The summed E-state index contributed by atoms with van der Waals surface area (Å²) in [5.74, 6) is -0.143. The average Bonchev–Trinajstić information content (AvgIpc) is 2.83. The summed E-state index contributed by atoms with van der Waals surface area (Å²) in [5.41, 5.74) is 0. The molecule has 0 aliphatic rings. The summed E-state index contributed by atoms with van der Waals surface area (Å²) in [6.07, 6.45) is 4.81. The van der Waals surface area contributed by atoms with Gasteiger partial charge in [0.25, 0.3) is 0 Å². The molecule has 0 bridgehead atoms. The van der Waals surface area contributed by atoms with Crippen molar-refractivity contribution in [1.29, 1.82) is 0 Å². The summed E-state index contributed by atoms with van der Waals surface area (Å²) in [4.78, 5) is 10.6. The number of unbranched alkanes of at least 4 members (excludes halogenated alkanes) is 2. The van der Waals surface area contributed by atoms with Crippen molar-refractivity contribution in [2.45, 2.75) is 24.2 Å². The van der Waals surface area contributed by atoms with Gasteiger partial charge < -0.3 is 5.11 Å². The van der Waals surface area contributed by atoms with Gasteiger partial charge in [0.1, 0.15) is 9.77 Å². The zero-order chi connectivity index (χ0) is 14.3. The van der Waals surface area contributed by atoms with Crippen LogP contribution in [0.5, 0.6) is 0 Å². The van der Waals surface area contributed by atoms with Crippen molar-refractivity contribution in [3.8, 4) is 0 Å². The van der Waals surface area contributed by atoms with Gasteiger partial charge in [0.05, 0.1) is 0 Å². The summed E-state index contributed by atoms with van der Waals surface area (Å²) in [5, 5.41) is 10.4. The fourth-order valence-corrected chi connectivity index (χ4v) is 4.32. The van der Waals surface area contributed by atoms with E-state index in [1.165, 1.54) is 11.4 Å². The van der Waals surface area contributed by atoms with Crippen LogP contribution in [0.3, 0.4) is 0 Å². The highest BCUT2D eigenvalue weighted by Crippen LogP contribution is 2.21. The number of carboxylic acids is 1. The van der Waals surface area contributed by atoms with E-state index < -0.39 is 16.0 Å². The summed E-state index contributed by atoms with van der Waals surface area (Å²) < 4.78 is 26.3. The Kier molecular flexibility index (Phi) is 6.84. The van der Waals surface area contributed by atoms with Gasteiger partial charge in [-0.25, -0.2) is 17.9 Å². The number of thioether (sulfide) groups is 1. The standard InChI is InChI=1S/C11H17NO4S3/c1-17-7-4-2-3-6-12-19(15,16)9-5-8-18-10(9)11(13)14/h5,8,12H,2-4,6-7H2,1H3,(H,13,14). The minimum Gasteiger partial charge on any atom is -0.477 e. The van der Waals surface area contributed by atoms with E-state index in [-0.39, 0.29) is 9.77 Å². The minimum absolute atomic E-state index is 0.144. The van der Waals surface area contributed by atoms with Crippen molar-refractivity contribution < 1.29 is 18.3 Å². The van der Waals surface area contributed by atoms with Crippen LogP contribution in [-0.2, 0) is 10.0 Å². The Morgan fingerprint density at radius 2 is 2.16 bits per heavy atom. The molecule has 2 N–H and O–H groups in total. The molecule has 0 fully saturated rings. The molecule has 0 unspecified atom stereocenters. The van der Waals surface area contributed by atoms with Gasteiger partial charge in [0.15, 0.2) is 0 Å². The lowest BCUT2D eigenvalue weighted by Gasteiger charge is -2.06. The van der Waals surface area contributed by atoms with E-state index in [0.29, 0.717) is 6.54 Å². The molecule has 1 rings (SSSR count). The van der Waals surface area contributed by atoms with Crippen LogP contribution in [0.1, 0.15) is 28.9 Å². The van der Waals surface area contributed by atoms with Gasteiger partial charge in [0.2, 0.25) is 10.0 Å². The van der Waals surface area contributed by atoms with Crippen molar-refractivity contribution in [2.24, 2.45) is 0 Å². The molecule has 0 amide bonds. The Bertz CT molecular complexity index is 510. The van der Waals surface area contributed by atoms with Crippen LogP contribution >= 0.6 is 23.1 Å². The van der Waals surface area contributed by atoms with Gasteiger partial charge in [0, 0.05) is 6.54 Å². The largest absolute Gasteiger partial charge is 0.477 e. The highest BCUT2D eigenvalue weighted by molar-refractivity contribution is 7.98. The molecule has 0 radical (unpaired) electrons. The highest BCUT2D eigenvalue weighted by Gasteiger charge is 2.23. The molecule has 1 aromatic rings. The SMILES string of the molecule is CSCCCCCNS(=O)(=O)c1ccsc1C(=O)O. The number of carboxylic acid groups (broad SMARTS) is 1. The molecule has 0 spiro atoms. The molecule has 0 aromatic carbocycles. The molecule has 5 nitrogen and oxygen atoms in total. The Labute approximate surface area is 121 Å². The van der Waals surface area contributed by atoms with Gasteiger partial charge in [-0.1, -0.05) is 6.42 Å². The number of nitrogens with one attached hydrogen (secondary N) is 1. The maximum atomic E-state index is 11.9. The maximum absolute atomic E-state index is 11.9. The molecule has 0 aliphatic heterocycles. The smallest absolute Gasteiger partial charge is 0.347 e. The lowest BCUT2D eigenvalue weighted by atomic mass is 10.2. The third-order valence-corrected chi connectivity index (χ3v) is 5.66. The van der Waals surface area contributed by atoms with Crippen LogP contribution in [0.2, 0.25) is 0 Å². The number of hydrogen-bond acceptors (Lipinski definition) is 5.